The van der Waals surface area contributed by atoms with E-state index in [1.54, 1.807) is 6.92 Å². The highest BCUT2D eigenvalue weighted by Crippen LogP contribution is 2.21. The van der Waals surface area contributed by atoms with Crippen LogP contribution in [0.15, 0.2) is 10.5 Å². The molecule has 18 heavy (non-hydrogen) atoms. The molecule has 1 amide bonds. The highest BCUT2D eigenvalue weighted by Gasteiger charge is 2.33. The summed E-state index contributed by atoms with van der Waals surface area (Å²) in [6, 6.07) is 1.43. The van der Waals surface area contributed by atoms with Crippen molar-refractivity contribution in [2.75, 3.05) is 19.0 Å². The Labute approximate surface area is 108 Å². The van der Waals surface area contributed by atoms with Crippen molar-refractivity contribution in [3.8, 4) is 0 Å². The van der Waals surface area contributed by atoms with Crippen LogP contribution in [0.4, 0.5) is 13.2 Å². The number of rotatable bonds is 4. The maximum absolute atomic E-state index is 12.4. The van der Waals surface area contributed by atoms with Crippen LogP contribution in [-0.2, 0) is 0 Å². The minimum absolute atomic E-state index is 0.0578. The van der Waals surface area contributed by atoms with Gasteiger partial charge in [-0.15, -0.1) is 11.6 Å². The fourth-order valence-corrected chi connectivity index (χ4v) is 1.79. The van der Waals surface area contributed by atoms with E-state index in [0.717, 1.165) is 0 Å². The lowest BCUT2D eigenvalue weighted by molar-refractivity contribution is -0.140. The first kappa shape index (κ1) is 14.9. The Balaban J connectivity index is 2.92. The molecule has 0 aliphatic rings. The molecule has 102 valence electrons. The molecule has 1 rings (SSSR count). The Kier molecular flexibility index (Phi) is 4.67. The summed E-state index contributed by atoms with van der Waals surface area (Å²) < 4.78 is 42.2. The zero-order valence-electron chi connectivity index (χ0n) is 9.97. The van der Waals surface area contributed by atoms with Crippen molar-refractivity contribution < 1.29 is 22.4 Å². The first-order valence-corrected chi connectivity index (χ1v) is 5.77. The lowest BCUT2D eigenvalue weighted by Gasteiger charge is -2.22. The van der Waals surface area contributed by atoms with Crippen LogP contribution in [0, 0.1) is 13.8 Å². The second kappa shape index (κ2) is 5.65. The molecule has 0 bridgehead atoms. The summed E-state index contributed by atoms with van der Waals surface area (Å²) in [7, 11) is 0. The van der Waals surface area contributed by atoms with Gasteiger partial charge in [-0.25, -0.2) is 0 Å². The number of nitrogens with zero attached hydrogens (tertiary/aromatic N) is 1. The molecule has 0 N–H and O–H groups in total. The molecule has 0 aliphatic carbocycles. The molecule has 0 unspecified atom stereocenters. The van der Waals surface area contributed by atoms with Gasteiger partial charge in [-0.3, -0.25) is 4.79 Å². The maximum Gasteiger partial charge on any atom is 0.406 e. The number of alkyl halides is 4. The minimum atomic E-state index is -4.45. The molecule has 0 fully saturated rings. The van der Waals surface area contributed by atoms with Gasteiger partial charge in [0.25, 0.3) is 5.91 Å². The van der Waals surface area contributed by atoms with Crippen LogP contribution in [0.5, 0.6) is 0 Å². The second-order valence-corrected chi connectivity index (χ2v) is 4.24. The summed E-state index contributed by atoms with van der Waals surface area (Å²) in [5.74, 6) is 0.00721. The van der Waals surface area contributed by atoms with Gasteiger partial charge in [0, 0.05) is 12.4 Å². The van der Waals surface area contributed by atoms with Crippen LogP contribution in [0.1, 0.15) is 21.9 Å². The second-order valence-electron chi connectivity index (χ2n) is 3.86. The molecule has 0 saturated carbocycles. The van der Waals surface area contributed by atoms with E-state index in [1.807, 2.05) is 0 Å². The first-order valence-electron chi connectivity index (χ1n) is 5.23. The van der Waals surface area contributed by atoms with Gasteiger partial charge in [-0.05, 0) is 19.9 Å². The molecule has 0 aromatic carbocycles. The lowest BCUT2D eigenvalue weighted by atomic mass is 10.2. The van der Waals surface area contributed by atoms with Crippen molar-refractivity contribution in [2.24, 2.45) is 0 Å². The largest absolute Gasteiger partial charge is 0.466 e. The highest BCUT2D eigenvalue weighted by atomic mass is 35.5. The molecular weight excluding hydrogens is 271 g/mol. The van der Waals surface area contributed by atoms with E-state index in [1.165, 1.54) is 13.0 Å². The van der Waals surface area contributed by atoms with Crippen LogP contribution in [0.25, 0.3) is 0 Å². The topological polar surface area (TPSA) is 33.5 Å². The third-order valence-electron chi connectivity index (χ3n) is 2.28. The number of amides is 1. The molecule has 1 heterocycles. The van der Waals surface area contributed by atoms with E-state index >= 15 is 0 Å². The SMILES string of the molecule is Cc1cc(C(=O)N(CCCl)CC(F)(F)F)c(C)o1. The van der Waals surface area contributed by atoms with Crippen molar-refractivity contribution in [1.82, 2.24) is 4.90 Å². The summed E-state index contributed by atoms with van der Waals surface area (Å²) in [6.45, 7) is 1.68. The van der Waals surface area contributed by atoms with Crippen molar-refractivity contribution in [1.29, 1.82) is 0 Å². The first-order chi connectivity index (χ1) is 8.24. The lowest BCUT2D eigenvalue weighted by Crippen LogP contribution is -2.40. The van der Waals surface area contributed by atoms with Gasteiger partial charge >= 0.3 is 6.18 Å². The normalized spacial score (nSPS) is 11.7. The van der Waals surface area contributed by atoms with Crippen LogP contribution in [-0.4, -0.2) is 36.0 Å². The summed E-state index contributed by atoms with van der Waals surface area (Å²) in [4.78, 5) is 12.6. The average molecular weight is 284 g/mol. The van der Waals surface area contributed by atoms with E-state index < -0.39 is 18.6 Å². The molecular formula is C11H13ClF3NO2. The van der Waals surface area contributed by atoms with Crippen molar-refractivity contribution in [2.45, 2.75) is 20.0 Å². The summed E-state index contributed by atoms with van der Waals surface area (Å²) >= 11 is 5.42. The van der Waals surface area contributed by atoms with E-state index in [2.05, 4.69) is 0 Å². The van der Waals surface area contributed by atoms with Gasteiger partial charge in [0.05, 0.1) is 5.56 Å². The van der Waals surface area contributed by atoms with Crippen LogP contribution in [0.2, 0.25) is 0 Å². The molecule has 3 nitrogen and oxygen atoms in total. The van der Waals surface area contributed by atoms with Crippen LogP contribution in [0.3, 0.4) is 0 Å². The zero-order chi connectivity index (χ0) is 13.9. The number of aryl methyl sites for hydroxylation is 2. The Morgan fingerprint density at radius 3 is 2.44 bits per heavy atom. The molecule has 1 aromatic heterocycles. The summed E-state index contributed by atoms with van der Waals surface area (Å²) in [5.41, 5.74) is 0.141. The fourth-order valence-electron chi connectivity index (χ4n) is 1.58. The summed E-state index contributed by atoms with van der Waals surface area (Å²) in [5, 5.41) is 0. The predicted molar refractivity (Wildman–Crippen MR) is 60.9 cm³/mol. The monoisotopic (exact) mass is 283 g/mol. The maximum atomic E-state index is 12.4. The number of hydrogen-bond acceptors (Lipinski definition) is 2. The highest BCUT2D eigenvalue weighted by molar-refractivity contribution is 6.18. The van der Waals surface area contributed by atoms with Gasteiger partial charge < -0.3 is 9.32 Å². The van der Waals surface area contributed by atoms with Gasteiger partial charge in [0.2, 0.25) is 0 Å². The third kappa shape index (κ3) is 3.94. The molecule has 7 heteroatoms. The molecule has 0 saturated heterocycles. The zero-order valence-corrected chi connectivity index (χ0v) is 10.7. The van der Waals surface area contributed by atoms with E-state index in [4.69, 9.17) is 16.0 Å². The summed E-state index contributed by atoms with van der Waals surface area (Å²) in [6.07, 6.45) is -4.45. The van der Waals surface area contributed by atoms with Crippen molar-refractivity contribution in [3.05, 3.63) is 23.2 Å². The molecule has 0 aliphatic heterocycles. The Morgan fingerprint density at radius 2 is 2.06 bits per heavy atom. The number of hydrogen-bond donors (Lipinski definition) is 0. The molecule has 0 radical (unpaired) electrons. The van der Waals surface area contributed by atoms with Crippen molar-refractivity contribution in [3.63, 3.8) is 0 Å². The van der Waals surface area contributed by atoms with Gasteiger partial charge in [0.1, 0.15) is 18.1 Å². The van der Waals surface area contributed by atoms with Gasteiger partial charge in [-0.2, -0.15) is 13.2 Å². The Morgan fingerprint density at radius 1 is 1.44 bits per heavy atom. The Bertz CT molecular complexity index is 428. The number of furan rings is 1. The fraction of sp³-hybridized carbons (Fsp3) is 0.545. The van der Waals surface area contributed by atoms with Crippen molar-refractivity contribution >= 4 is 17.5 Å². The smallest absolute Gasteiger partial charge is 0.406 e. The standard InChI is InChI=1S/C11H13ClF3NO2/c1-7-5-9(8(2)18-7)10(17)16(4-3-12)6-11(13,14)15/h5H,3-4,6H2,1-2H3. The van der Waals surface area contributed by atoms with Crippen LogP contribution >= 0.6 is 11.6 Å². The van der Waals surface area contributed by atoms with E-state index in [0.29, 0.717) is 16.4 Å². The quantitative estimate of drug-likeness (QED) is 0.796. The molecule has 1 aromatic rings. The number of halogens is 4. The van der Waals surface area contributed by atoms with Gasteiger partial charge in [0.15, 0.2) is 0 Å². The van der Waals surface area contributed by atoms with Crippen LogP contribution < -0.4 is 0 Å². The number of carbonyl (C=O) groups is 1. The Hall–Kier alpha value is -1.17. The average Bonchev–Trinajstić information content (AvgIpc) is 2.54. The predicted octanol–water partition coefficient (Wildman–Crippen LogP) is 3.14. The van der Waals surface area contributed by atoms with E-state index in [9.17, 15) is 18.0 Å². The third-order valence-corrected chi connectivity index (χ3v) is 2.45. The molecule has 0 spiro atoms. The molecule has 0 atom stereocenters. The minimum Gasteiger partial charge on any atom is -0.466 e. The van der Waals surface area contributed by atoms with E-state index in [-0.39, 0.29) is 18.0 Å². The number of carbonyl (C=O) groups excluding carboxylic acids is 1. The van der Waals surface area contributed by atoms with Gasteiger partial charge in [-0.1, -0.05) is 0 Å².